The summed E-state index contributed by atoms with van der Waals surface area (Å²) in [6.45, 7) is 0. The van der Waals surface area contributed by atoms with Gasteiger partial charge in [-0.2, -0.15) is 0 Å². The lowest BCUT2D eigenvalue weighted by Crippen LogP contribution is -2.76. The van der Waals surface area contributed by atoms with Crippen molar-refractivity contribution in [1.82, 2.24) is 4.57 Å². The minimum absolute atomic E-state index is 0.939. The van der Waals surface area contributed by atoms with Crippen molar-refractivity contribution in [2.24, 2.45) is 0 Å². The summed E-state index contributed by atoms with van der Waals surface area (Å²) < 4.78 is 10.0. The second kappa shape index (κ2) is 10.7. The Kier molecular flexibility index (Phi) is 6.34. The molecule has 0 radical (unpaired) electrons. The summed E-state index contributed by atoms with van der Waals surface area (Å²) in [5.41, 5.74) is 5.99. The molecule has 0 saturated carbocycles. The summed E-state index contributed by atoms with van der Waals surface area (Å²) in [5.74, 6) is 1.88. The normalized spacial score (nSPS) is 13.2. The molecular formula is C42H28BrNOSi. The van der Waals surface area contributed by atoms with E-state index in [1.807, 2.05) is 0 Å². The molecule has 7 aromatic carbocycles. The zero-order chi connectivity index (χ0) is 30.7. The molecule has 1 aliphatic heterocycles. The van der Waals surface area contributed by atoms with Crippen molar-refractivity contribution in [3.05, 3.63) is 174 Å². The number of benzene rings is 7. The van der Waals surface area contributed by atoms with Gasteiger partial charge in [0.1, 0.15) is 11.5 Å². The van der Waals surface area contributed by atoms with E-state index in [0.717, 1.165) is 16.0 Å². The molecule has 0 fully saturated rings. The maximum Gasteiger partial charge on any atom is 0.188 e. The van der Waals surface area contributed by atoms with Crippen LogP contribution in [0, 0.1) is 0 Å². The van der Waals surface area contributed by atoms with Gasteiger partial charge < -0.3 is 9.30 Å². The minimum atomic E-state index is -2.73. The average Bonchev–Trinajstić information content (AvgIpc) is 3.45. The van der Waals surface area contributed by atoms with Crippen LogP contribution in [0.5, 0.6) is 11.5 Å². The van der Waals surface area contributed by atoms with Gasteiger partial charge in [0.25, 0.3) is 0 Å². The largest absolute Gasteiger partial charge is 0.458 e. The number of rotatable bonds is 4. The first-order valence-corrected chi connectivity index (χ1v) is 18.3. The van der Waals surface area contributed by atoms with Crippen molar-refractivity contribution >= 4 is 66.6 Å². The maximum atomic E-state index is 6.55. The predicted octanol–water partition coefficient (Wildman–Crippen LogP) is 8.70. The zero-order valence-electron chi connectivity index (χ0n) is 24.9. The zero-order valence-corrected chi connectivity index (χ0v) is 27.5. The van der Waals surface area contributed by atoms with Crippen molar-refractivity contribution in [3.8, 4) is 28.3 Å². The SMILES string of the molecule is Brc1cccc([Si]2(c3ccc(-c4ccccc4-n4c5ccccc5c5ccccc54)cc3)c3ccccc3Oc3ccccc32)c1. The molecule has 1 aliphatic rings. The van der Waals surface area contributed by atoms with E-state index in [2.05, 4.69) is 190 Å². The molecule has 0 spiro atoms. The summed E-state index contributed by atoms with van der Waals surface area (Å²) >= 11 is 3.80. The first kappa shape index (κ1) is 27.2. The lowest BCUT2D eigenvalue weighted by Gasteiger charge is -2.39. The van der Waals surface area contributed by atoms with Gasteiger partial charge in [0, 0.05) is 20.8 Å². The number of hydrogen-bond acceptors (Lipinski definition) is 1. The van der Waals surface area contributed by atoms with E-state index in [1.165, 1.54) is 59.4 Å². The molecule has 2 nitrogen and oxygen atoms in total. The number of aromatic nitrogens is 1. The van der Waals surface area contributed by atoms with Crippen molar-refractivity contribution in [2.45, 2.75) is 0 Å². The predicted molar refractivity (Wildman–Crippen MR) is 198 cm³/mol. The van der Waals surface area contributed by atoms with E-state index >= 15 is 0 Å². The molecule has 0 N–H and O–H groups in total. The number of para-hydroxylation sites is 5. The van der Waals surface area contributed by atoms with Crippen LogP contribution in [-0.4, -0.2) is 12.6 Å². The Balaban J connectivity index is 1.27. The van der Waals surface area contributed by atoms with E-state index in [4.69, 9.17) is 4.74 Å². The molecule has 0 unspecified atom stereocenters. The summed E-state index contributed by atoms with van der Waals surface area (Å²) in [7, 11) is -2.73. The fourth-order valence-corrected chi connectivity index (χ4v) is 13.1. The fraction of sp³-hybridized carbons (Fsp3) is 0. The molecule has 46 heavy (non-hydrogen) atoms. The Morgan fingerprint density at radius 1 is 0.478 bits per heavy atom. The summed E-state index contributed by atoms with van der Waals surface area (Å²) in [5, 5.41) is 7.72. The minimum Gasteiger partial charge on any atom is -0.458 e. The Labute approximate surface area is 277 Å². The van der Waals surface area contributed by atoms with Gasteiger partial charge in [-0.05, 0) is 68.8 Å². The van der Waals surface area contributed by atoms with Crippen molar-refractivity contribution in [2.75, 3.05) is 0 Å². The van der Waals surface area contributed by atoms with Crippen molar-refractivity contribution in [3.63, 3.8) is 0 Å². The Hall–Kier alpha value is -5.16. The van der Waals surface area contributed by atoms with Gasteiger partial charge in [0.15, 0.2) is 8.07 Å². The number of halogens is 1. The highest BCUT2D eigenvalue weighted by Crippen LogP contribution is 2.36. The number of hydrogen-bond donors (Lipinski definition) is 0. The van der Waals surface area contributed by atoms with Crippen LogP contribution in [0.15, 0.2) is 174 Å². The van der Waals surface area contributed by atoms with Crippen LogP contribution in [0.1, 0.15) is 0 Å². The third-order valence-electron chi connectivity index (χ3n) is 9.41. The van der Waals surface area contributed by atoms with Crippen LogP contribution in [0.4, 0.5) is 0 Å². The van der Waals surface area contributed by atoms with Crippen LogP contribution < -0.4 is 25.5 Å². The maximum absolute atomic E-state index is 6.55. The second-order valence-corrected chi connectivity index (χ2v) is 16.5. The Bertz CT molecular complexity index is 2330. The average molecular weight is 671 g/mol. The van der Waals surface area contributed by atoms with Gasteiger partial charge in [-0.15, -0.1) is 0 Å². The first-order chi connectivity index (χ1) is 22.7. The number of nitrogens with zero attached hydrogens (tertiary/aromatic N) is 1. The highest BCUT2D eigenvalue weighted by molar-refractivity contribution is 9.10. The third-order valence-corrected chi connectivity index (χ3v) is 14.7. The lowest BCUT2D eigenvalue weighted by atomic mass is 10.0. The quantitative estimate of drug-likeness (QED) is 0.171. The van der Waals surface area contributed by atoms with Gasteiger partial charge in [0.2, 0.25) is 0 Å². The molecule has 0 amide bonds. The van der Waals surface area contributed by atoms with Gasteiger partial charge in [-0.25, -0.2) is 0 Å². The smallest absolute Gasteiger partial charge is 0.188 e. The van der Waals surface area contributed by atoms with Crippen molar-refractivity contribution in [1.29, 1.82) is 0 Å². The molecule has 9 rings (SSSR count). The highest BCUT2D eigenvalue weighted by atomic mass is 79.9. The van der Waals surface area contributed by atoms with Gasteiger partial charge >= 0.3 is 0 Å². The summed E-state index contributed by atoms with van der Waals surface area (Å²) in [6.07, 6.45) is 0. The monoisotopic (exact) mass is 669 g/mol. The highest BCUT2D eigenvalue weighted by Gasteiger charge is 2.47. The van der Waals surface area contributed by atoms with Crippen molar-refractivity contribution < 1.29 is 4.74 Å². The standard InChI is InChI=1S/C42H28BrNOSi/c43-30-12-11-13-32(28-30)46(41-22-9-7-20-39(41)45-40-21-8-10-23-42(40)46)31-26-24-29(25-27-31)33-14-1-4-17-36(33)44-37-18-5-2-15-34(37)35-16-3-6-19-38(35)44/h1-28H. The Morgan fingerprint density at radius 2 is 1.04 bits per heavy atom. The molecule has 0 saturated heterocycles. The summed E-state index contributed by atoms with van der Waals surface area (Å²) in [6, 6.07) is 61.6. The lowest BCUT2D eigenvalue weighted by molar-refractivity contribution is 0.487. The van der Waals surface area contributed by atoms with E-state index in [1.54, 1.807) is 0 Å². The van der Waals surface area contributed by atoms with Crippen LogP contribution in [0.3, 0.4) is 0 Å². The van der Waals surface area contributed by atoms with Crippen LogP contribution in [-0.2, 0) is 0 Å². The van der Waals surface area contributed by atoms with E-state index in [9.17, 15) is 0 Å². The molecule has 218 valence electrons. The van der Waals surface area contributed by atoms with Gasteiger partial charge in [0.05, 0.1) is 16.7 Å². The van der Waals surface area contributed by atoms with Crippen LogP contribution >= 0.6 is 15.9 Å². The van der Waals surface area contributed by atoms with Crippen LogP contribution in [0.2, 0.25) is 0 Å². The van der Waals surface area contributed by atoms with Crippen LogP contribution in [0.25, 0.3) is 38.6 Å². The van der Waals surface area contributed by atoms with E-state index < -0.39 is 8.07 Å². The number of fused-ring (bicyclic) bond motifs is 5. The second-order valence-electron chi connectivity index (χ2n) is 11.8. The molecule has 4 heteroatoms. The third kappa shape index (κ3) is 4.00. The summed E-state index contributed by atoms with van der Waals surface area (Å²) in [4.78, 5) is 0. The molecule has 1 aromatic heterocycles. The van der Waals surface area contributed by atoms with Gasteiger partial charge in [-0.3, -0.25) is 0 Å². The molecular weight excluding hydrogens is 642 g/mol. The number of ether oxygens (including phenoxy) is 1. The van der Waals surface area contributed by atoms with E-state index in [0.29, 0.717) is 0 Å². The first-order valence-electron chi connectivity index (χ1n) is 15.5. The molecule has 0 aliphatic carbocycles. The fourth-order valence-electron chi connectivity index (χ4n) is 7.50. The molecule has 0 atom stereocenters. The molecule has 0 bridgehead atoms. The van der Waals surface area contributed by atoms with E-state index in [-0.39, 0.29) is 0 Å². The Morgan fingerprint density at radius 3 is 1.70 bits per heavy atom. The molecule has 2 heterocycles. The topological polar surface area (TPSA) is 14.2 Å². The molecule has 8 aromatic rings. The van der Waals surface area contributed by atoms with Gasteiger partial charge in [-0.1, -0.05) is 143 Å².